The number of hydrogen-bond acceptors (Lipinski definition) is 6. The molecule has 8 heteroatoms. The topological polar surface area (TPSA) is 106 Å². The Bertz CT molecular complexity index is 1350. The minimum absolute atomic E-state index is 0.118. The average molecular weight is 485 g/mol. The van der Waals surface area contributed by atoms with Gasteiger partial charge in [-0.2, -0.15) is 0 Å². The number of carbonyl (C=O) groups is 1. The number of aromatic nitrogens is 3. The van der Waals surface area contributed by atoms with E-state index in [4.69, 9.17) is 9.47 Å². The van der Waals surface area contributed by atoms with Crippen molar-refractivity contribution in [3.63, 3.8) is 0 Å². The third-order valence-electron chi connectivity index (χ3n) is 5.70. The number of aromatic amines is 1. The zero-order valence-electron chi connectivity index (χ0n) is 20.2. The minimum Gasteiger partial charge on any atom is -0.497 e. The number of ether oxygens (including phenoxy) is 2. The van der Waals surface area contributed by atoms with Crippen molar-refractivity contribution in [2.75, 3.05) is 7.11 Å². The smallest absolute Gasteiger partial charge is 0.273 e. The van der Waals surface area contributed by atoms with E-state index in [-0.39, 0.29) is 36.0 Å². The van der Waals surface area contributed by atoms with Crippen LogP contribution in [0.25, 0.3) is 11.4 Å². The Labute approximate surface area is 209 Å². The first kappa shape index (κ1) is 24.7. The van der Waals surface area contributed by atoms with Gasteiger partial charge in [-0.3, -0.25) is 9.59 Å². The maximum atomic E-state index is 12.5. The van der Waals surface area contributed by atoms with Crippen LogP contribution in [0, 0.1) is 0 Å². The number of nitrogens with zero attached hydrogens (tertiary/aromatic N) is 2. The SMILES string of the molecule is COc1cccc(COc2ccc(-c3nnc(CCC(=O)NC(C)c4ccccc4)c(=O)[nH]3)cc2)c1. The van der Waals surface area contributed by atoms with Gasteiger partial charge in [0.15, 0.2) is 5.82 Å². The van der Waals surface area contributed by atoms with Crippen molar-refractivity contribution in [1.82, 2.24) is 20.5 Å². The molecule has 0 saturated carbocycles. The van der Waals surface area contributed by atoms with E-state index in [0.717, 1.165) is 16.9 Å². The summed E-state index contributed by atoms with van der Waals surface area (Å²) in [6.45, 7) is 2.32. The van der Waals surface area contributed by atoms with Gasteiger partial charge in [0.1, 0.15) is 23.8 Å². The lowest BCUT2D eigenvalue weighted by molar-refractivity contribution is -0.121. The number of H-pyrrole nitrogens is 1. The molecule has 0 aliphatic carbocycles. The summed E-state index contributed by atoms with van der Waals surface area (Å²) in [5.74, 6) is 1.66. The van der Waals surface area contributed by atoms with E-state index in [1.807, 2.05) is 73.7 Å². The van der Waals surface area contributed by atoms with Crippen LogP contribution in [0.1, 0.15) is 36.2 Å². The molecular formula is C28H28N4O4. The summed E-state index contributed by atoms with van der Waals surface area (Å²) >= 11 is 0. The zero-order valence-corrected chi connectivity index (χ0v) is 20.2. The molecule has 4 rings (SSSR count). The summed E-state index contributed by atoms with van der Waals surface area (Å²) < 4.78 is 11.1. The maximum absolute atomic E-state index is 12.5. The Morgan fingerprint density at radius 2 is 1.75 bits per heavy atom. The monoisotopic (exact) mass is 484 g/mol. The number of benzene rings is 3. The molecule has 0 fully saturated rings. The fourth-order valence-corrected chi connectivity index (χ4v) is 3.66. The van der Waals surface area contributed by atoms with Crippen LogP contribution < -0.4 is 20.3 Å². The van der Waals surface area contributed by atoms with Gasteiger partial charge in [-0.05, 0) is 54.4 Å². The minimum atomic E-state index is -0.359. The van der Waals surface area contributed by atoms with Crippen molar-refractivity contribution >= 4 is 5.91 Å². The van der Waals surface area contributed by atoms with Gasteiger partial charge < -0.3 is 19.8 Å². The largest absolute Gasteiger partial charge is 0.497 e. The number of methoxy groups -OCH3 is 1. The maximum Gasteiger partial charge on any atom is 0.273 e. The summed E-state index contributed by atoms with van der Waals surface area (Å²) in [5, 5.41) is 11.1. The van der Waals surface area contributed by atoms with E-state index in [1.165, 1.54) is 0 Å². The van der Waals surface area contributed by atoms with Gasteiger partial charge in [-0.1, -0.05) is 42.5 Å². The van der Waals surface area contributed by atoms with Gasteiger partial charge in [-0.25, -0.2) is 0 Å². The number of carbonyl (C=O) groups excluding carboxylic acids is 1. The van der Waals surface area contributed by atoms with Crippen LogP contribution >= 0.6 is 0 Å². The van der Waals surface area contributed by atoms with Crippen molar-refractivity contribution in [1.29, 1.82) is 0 Å². The summed E-state index contributed by atoms with van der Waals surface area (Å²) in [6.07, 6.45) is 0.348. The van der Waals surface area contributed by atoms with Crippen LogP contribution in [0.3, 0.4) is 0 Å². The van der Waals surface area contributed by atoms with Crippen molar-refractivity contribution in [3.05, 3.63) is 106 Å². The Balaban J connectivity index is 1.31. The van der Waals surface area contributed by atoms with Gasteiger partial charge in [-0.15, -0.1) is 10.2 Å². The molecule has 1 atom stereocenters. The van der Waals surface area contributed by atoms with Crippen molar-refractivity contribution in [2.24, 2.45) is 0 Å². The van der Waals surface area contributed by atoms with E-state index >= 15 is 0 Å². The highest BCUT2D eigenvalue weighted by molar-refractivity contribution is 5.76. The second kappa shape index (κ2) is 11.8. The normalized spacial score (nSPS) is 11.5. The lowest BCUT2D eigenvalue weighted by Crippen LogP contribution is -2.28. The second-order valence-electron chi connectivity index (χ2n) is 8.31. The van der Waals surface area contributed by atoms with Crippen molar-refractivity contribution in [3.8, 4) is 22.9 Å². The predicted octanol–water partition coefficient (Wildman–Crippen LogP) is 4.23. The molecule has 184 valence electrons. The van der Waals surface area contributed by atoms with Crippen LogP contribution in [0.5, 0.6) is 11.5 Å². The first-order valence-electron chi connectivity index (χ1n) is 11.7. The van der Waals surface area contributed by atoms with Gasteiger partial charge in [0, 0.05) is 18.4 Å². The molecule has 0 aliphatic heterocycles. The molecule has 1 aromatic heterocycles. The third kappa shape index (κ3) is 6.56. The highest BCUT2D eigenvalue weighted by Gasteiger charge is 2.12. The number of nitrogens with one attached hydrogen (secondary N) is 2. The molecule has 3 aromatic carbocycles. The van der Waals surface area contributed by atoms with Gasteiger partial charge in [0.2, 0.25) is 5.91 Å². The number of rotatable bonds is 10. The fraction of sp³-hybridized carbons (Fsp3) is 0.214. The molecule has 1 amide bonds. The van der Waals surface area contributed by atoms with Crippen LogP contribution in [0.4, 0.5) is 0 Å². The summed E-state index contributed by atoms with van der Waals surface area (Å²) in [5.41, 5.74) is 2.58. The Hall–Kier alpha value is -4.46. The molecular weight excluding hydrogens is 456 g/mol. The predicted molar refractivity (Wildman–Crippen MR) is 137 cm³/mol. The van der Waals surface area contributed by atoms with Gasteiger partial charge in [0.05, 0.1) is 13.2 Å². The lowest BCUT2D eigenvalue weighted by atomic mass is 10.1. The third-order valence-corrected chi connectivity index (χ3v) is 5.70. The van der Waals surface area contributed by atoms with E-state index in [1.54, 1.807) is 19.2 Å². The first-order valence-corrected chi connectivity index (χ1v) is 11.7. The standard InChI is InChI=1S/C28H28N4O4/c1-19(21-8-4-3-5-9-21)29-26(33)16-15-25-28(34)30-27(32-31-25)22-11-13-23(14-12-22)36-18-20-7-6-10-24(17-20)35-2/h3-14,17,19H,15-16,18H2,1-2H3,(H,29,33)(H,30,32,34). The van der Waals surface area contributed by atoms with E-state index in [9.17, 15) is 9.59 Å². The van der Waals surface area contributed by atoms with E-state index in [2.05, 4.69) is 20.5 Å². The van der Waals surface area contributed by atoms with Crippen LogP contribution in [0.15, 0.2) is 83.7 Å². The number of amides is 1. The van der Waals surface area contributed by atoms with Gasteiger partial charge in [0.25, 0.3) is 5.56 Å². The molecule has 0 bridgehead atoms. The fourth-order valence-electron chi connectivity index (χ4n) is 3.66. The average Bonchev–Trinajstić information content (AvgIpc) is 2.92. The highest BCUT2D eigenvalue weighted by Crippen LogP contribution is 2.20. The molecule has 0 saturated heterocycles. The Kier molecular flexibility index (Phi) is 8.08. The highest BCUT2D eigenvalue weighted by atomic mass is 16.5. The lowest BCUT2D eigenvalue weighted by Gasteiger charge is -2.14. The van der Waals surface area contributed by atoms with Crippen LogP contribution in [-0.2, 0) is 17.8 Å². The first-order chi connectivity index (χ1) is 17.5. The summed E-state index contributed by atoms with van der Waals surface area (Å²) in [7, 11) is 1.63. The zero-order chi connectivity index (χ0) is 25.3. The molecule has 0 radical (unpaired) electrons. The molecule has 0 aliphatic rings. The molecule has 2 N–H and O–H groups in total. The van der Waals surface area contributed by atoms with Crippen LogP contribution in [-0.4, -0.2) is 28.2 Å². The van der Waals surface area contributed by atoms with Gasteiger partial charge >= 0.3 is 0 Å². The second-order valence-corrected chi connectivity index (χ2v) is 8.31. The molecule has 36 heavy (non-hydrogen) atoms. The Morgan fingerprint density at radius 3 is 2.47 bits per heavy atom. The molecule has 4 aromatic rings. The Morgan fingerprint density at radius 1 is 0.972 bits per heavy atom. The van der Waals surface area contributed by atoms with E-state index in [0.29, 0.717) is 23.7 Å². The van der Waals surface area contributed by atoms with Crippen molar-refractivity contribution in [2.45, 2.75) is 32.4 Å². The summed E-state index contributed by atoms with van der Waals surface area (Å²) in [4.78, 5) is 27.6. The molecule has 8 nitrogen and oxygen atoms in total. The number of hydrogen-bond donors (Lipinski definition) is 2. The van der Waals surface area contributed by atoms with E-state index < -0.39 is 0 Å². The summed E-state index contributed by atoms with van der Waals surface area (Å²) in [6, 6.07) is 24.5. The quantitative estimate of drug-likeness (QED) is 0.349. The van der Waals surface area contributed by atoms with Crippen LogP contribution in [0.2, 0.25) is 0 Å². The molecule has 0 spiro atoms. The molecule has 1 unspecified atom stereocenters. The number of aryl methyl sites for hydroxylation is 1. The van der Waals surface area contributed by atoms with Crippen molar-refractivity contribution < 1.29 is 14.3 Å². The molecule has 1 heterocycles.